The second-order valence-electron chi connectivity index (χ2n) is 14.7. The minimum absolute atomic E-state index is 0.0137. The Morgan fingerprint density at radius 1 is 1.03 bits per heavy atom. The average molecular weight is 503 g/mol. The van der Waals surface area contributed by atoms with Crippen molar-refractivity contribution in [2.75, 3.05) is 13.7 Å². The Hall–Kier alpha value is -0.910. The Morgan fingerprint density at radius 2 is 1.72 bits per heavy atom. The van der Waals surface area contributed by atoms with Gasteiger partial charge in [-0.05, 0) is 97.2 Å². The quantitative estimate of drug-likeness (QED) is 0.360. The summed E-state index contributed by atoms with van der Waals surface area (Å²) >= 11 is 0. The van der Waals surface area contributed by atoms with Crippen LogP contribution in [0.1, 0.15) is 92.9 Å². The van der Waals surface area contributed by atoms with Crippen molar-refractivity contribution < 1.29 is 24.9 Å². The lowest BCUT2D eigenvalue weighted by Crippen LogP contribution is -2.68. The average Bonchev–Trinajstić information content (AvgIpc) is 2.84. The molecule has 5 nitrogen and oxygen atoms in total. The van der Waals surface area contributed by atoms with E-state index in [-0.39, 0.29) is 40.7 Å². The highest BCUT2D eigenvalue weighted by Gasteiger charge is 2.70. The predicted molar refractivity (Wildman–Crippen MR) is 140 cm³/mol. The number of carbonyl (C=O) groups is 1. The second kappa shape index (κ2) is 8.29. The lowest BCUT2D eigenvalue weighted by atomic mass is 9.33. The van der Waals surface area contributed by atoms with Crippen molar-refractivity contribution in [3.05, 3.63) is 11.6 Å². The molecule has 12 atom stereocenters. The summed E-state index contributed by atoms with van der Waals surface area (Å²) in [5.41, 5.74) is 0.240. The fraction of sp³-hybridized carbons (Fsp3) is 0.903. The monoisotopic (exact) mass is 502 g/mol. The summed E-state index contributed by atoms with van der Waals surface area (Å²) in [7, 11) is 1.56. The van der Waals surface area contributed by atoms with Crippen molar-refractivity contribution in [2.45, 2.75) is 105 Å². The Labute approximate surface area is 218 Å². The molecule has 0 amide bonds. The molecule has 0 radical (unpaired) electrons. The van der Waals surface area contributed by atoms with Crippen molar-refractivity contribution in [1.82, 2.24) is 0 Å². The van der Waals surface area contributed by atoms with Gasteiger partial charge in [-0.3, -0.25) is 4.79 Å². The van der Waals surface area contributed by atoms with Gasteiger partial charge in [0.1, 0.15) is 0 Å². The number of allylic oxidation sites excluding steroid dienone is 2. The summed E-state index contributed by atoms with van der Waals surface area (Å²) in [6.45, 7) is 13.9. The Kier molecular flexibility index (Phi) is 6.15. The normalized spacial score (nSPS) is 56.4. The fourth-order valence-electron chi connectivity index (χ4n) is 11.2. The van der Waals surface area contributed by atoms with Crippen molar-refractivity contribution in [1.29, 1.82) is 0 Å². The maximum atomic E-state index is 13.4. The van der Waals surface area contributed by atoms with E-state index in [9.17, 15) is 20.1 Å². The van der Waals surface area contributed by atoms with E-state index >= 15 is 0 Å². The van der Waals surface area contributed by atoms with Crippen molar-refractivity contribution >= 4 is 5.97 Å². The van der Waals surface area contributed by atoms with Gasteiger partial charge in [-0.15, -0.1) is 0 Å². The number of fused-ring (bicyclic) bond motifs is 7. The lowest BCUT2D eigenvalue weighted by Gasteiger charge is -2.71. The van der Waals surface area contributed by atoms with Gasteiger partial charge in [0.05, 0.1) is 31.3 Å². The van der Waals surface area contributed by atoms with Crippen LogP contribution in [0.15, 0.2) is 11.6 Å². The summed E-state index contributed by atoms with van der Waals surface area (Å²) in [6.07, 6.45) is 8.18. The predicted octanol–water partition coefficient (Wildman–Crippen LogP) is 5.12. The fourth-order valence-corrected chi connectivity index (χ4v) is 11.2. The number of rotatable bonds is 2. The van der Waals surface area contributed by atoms with E-state index in [0.717, 1.165) is 44.9 Å². The van der Waals surface area contributed by atoms with Crippen LogP contribution in [0.5, 0.6) is 0 Å². The van der Waals surface area contributed by atoms with Gasteiger partial charge in [-0.25, -0.2) is 0 Å². The van der Waals surface area contributed by atoms with E-state index < -0.39 is 23.0 Å². The molecule has 3 N–H and O–H groups in total. The first kappa shape index (κ1) is 26.7. The van der Waals surface area contributed by atoms with Crippen LogP contribution in [0, 0.1) is 56.7 Å². The van der Waals surface area contributed by atoms with Crippen LogP contribution in [-0.4, -0.2) is 47.2 Å². The minimum Gasteiger partial charge on any atom is -0.469 e. The second-order valence-corrected chi connectivity index (χ2v) is 14.7. The van der Waals surface area contributed by atoms with E-state index in [1.807, 2.05) is 6.92 Å². The highest BCUT2D eigenvalue weighted by atomic mass is 16.5. The molecule has 4 saturated carbocycles. The van der Waals surface area contributed by atoms with Gasteiger partial charge < -0.3 is 20.1 Å². The molecule has 0 heterocycles. The number of aliphatic hydroxyl groups is 3. The summed E-state index contributed by atoms with van der Waals surface area (Å²) in [4.78, 5) is 13.4. The molecule has 0 spiro atoms. The van der Waals surface area contributed by atoms with Crippen LogP contribution in [0.25, 0.3) is 0 Å². The summed E-state index contributed by atoms with van der Waals surface area (Å²) in [5, 5.41) is 32.5. The van der Waals surface area contributed by atoms with Crippen LogP contribution in [0.2, 0.25) is 0 Å². The van der Waals surface area contributed by atoms with E-state index in [1.54, 1.807) is 7.11 Å². The molecule has 0 saturated heterocycles. The Morgan fingerprint density at radius 3 is 2.36 bits per heavy atom. The van der Waals surface area contributed by atoms with Crippen LogP contribution >= 0.6 is 0 Å². The van der Waals surface area contributed by atoms with Crippen LogP contribution < -0.4 is 0 Å². The standard InChI is InChI=1S/C31H50O5/c1-18-10-13-31(26(35)36-7)15-14-29(5)20(24(31)19(18)2)8-9-23-27(3)16-21(33)25(34)28(4,17-32)22(27)11-12-30(23,29)6/h8,18-19,21-25,32-34H,9-17H2,1-7H3/t18-,19+,21-,22-,23-,24+,25+,27+,28+,29-,30-,31+/m1/s1. The molecule has 5 rings (SSSR count). The molecule has 0 aromatic heterocycles. The molecule has 0 aliphatic heterocycles. The molecular weight excluding hydrogens is 452 g/mol. The van der Waals surface area contributed by atoms with Crippen LogP contribution in [0.3, 0.4) is 0 Å². The first-order valence-electron chi connectivity index (χ1n) is 14.5. The molecule has 0 aromatic carbocycles. The number of hydrogen-bond donors (Lipinski definition) is 3. The third kappa shape index (κ3) is 3.03. The molecule has 5 aliphatic carbocycles. The maximum Gasteiger partial charge on any atom is 0.312 e. The highest BCUT2D eigenvalue weighted by molar-refractivity contribution is 5.78. The lowest BCUT2D eigenvalue weighted by molar-refractivity contribution is -0.244. The topological polar surface area (TPSA) is 87.0 Å². The van der Waals surface area contributed by atoms with E-state index in [4.69, 9.17) is 4.74 Å². The van der Waals surface area contributed by atoms with Gasteiger partial charge in [-0.2, -0.15) is 0 Å². The first-order chi connectivity index (χ1) is 16.8. The van der Waals surface area contributed by atoms with Crippen molar-refractivity contribution in [3.8, 4) is 0 Å². The summed E-state index contributed by atoms with van der Waals surface area (Å²) < 4.78 is 5.48. The number of hydrogen-bond acceptors (Lipinski definition) is 5. The summed E-state index contributed by atoms with van der Waals surface area (Å²) in [5.74, 6) is 1.73. The highest BCUT2D eigenvalue weighted by Crippen LogP contribution is 2.75. The minimum atomic E-state index is -0.893. The van der Waals surface area contributed by atoms with Crippen molar-refractivity contribution in [3.63, 3.8) is 0 Å². The number of aliphatic hydroxyl groups excluding tert-OH is 3. The van der Waals surface area contributed by atoms with E-state index in [2.05, 4.69) is 40.7 Å². The zero-order valence-corrected chi connectivity index (χ0v) is 23.6. The van der Waals surface area contributed by atoms with Crippen LogP contribution in [0.4, 0.5) is 0 Å². The molecule has 5 aliphatic rings. The smallest absolute Gasteiger partial charge is 0.312 e. The zero-order valence-electron chi connectivity index (χ0n) is 23.6. The molecule has 204 valence electrons. The maximum absolute atomic E-state index is 13.4. The SMILES string of the molecule is COC(=O)[C@]12CC[C@@H](C)[C@H](C)[C@H]1C1=CC[C@@H]3[C@@]4(C)C[C@@H](O)[C@H](O)[C@@](C)(CO)[C@@H]4CC[C@@]3(C)[C@]1(C)CC2. The van der Waals surface area contributed by atoms with E-state index in [0.29, 0.717) is 24.2 Å². The van der Waals surface area contributed by atoms with E-state index in [1.165, 1.54) is 5.57 Å². The molecule has 36 heavy (non-hydrogen) atoms. The number of ether oxygens (including phenoxy) is 1. The number of esters is 1. The summed E-state index contributed by atoms with van der Waals surface area (Å²) in [6, 6.07) is 0. The molecule has 0 bridgehead atoms. The zero-order chi connectivity index (χ0) is 26.5. The Bertz CT molecular complexity index is 945. The molecule has 0 unspecified atom stereocenters. The third-order valence-corrected chi connectivity index (χ3v) is 13.7. The van der Waals surface area contributed by atoms with Gasteiger partial charge in [0.2, 0.25) is 0 Å². The molecule has 5 heteroatoms. The Balaban J connectivity index is 1.62. The van der Waals surface area contributed by atoms with Gasteiger partial charge >= 0.3 is 5.97 Å². The first-order valence-corrected chi connectivity index (χ1v) is 14.5. The van der Waals surface area contributed by atoms with Gasteiger partial charge in [0, 0.05) is 5.41 Å². The van der Waals surface area contributed by atoms with Gasteiger partial charge in [0.15, 0.2) is 0 Å². The van der Waals surface area contributed by atoms with Crippen molar-refractivity contribution in [2.24, 2.45) is 56.7 Å². The molecular formula is C31H50O5. The van der Waals surface area contributed by atoms with Gasteiger partial charge in [-0.1, -0.05) is 53.2 Å². The van der Waals surface area contributed by atoms with Crippen LogP contribution in [-0.2, 0) is 9.53 Å². The number of carbonyl (C=O) groups excluding carboxylic acids is 1. The third-order valence-electron chi connectivity index (χ3n) is 13.7. The molecule has 0 aromatic rings. The largest absolute Gasteiger partial charge is 0.469 e. The molecule has 4 fully saturated rings. The number of methoxy groups -OCH3 is 1. The van der Waals surface area contributed by atoms with Gasteiger partial charge in [0.25, 0.3) is 0 Å².